The van der Waals surface area contributed by atoms with Gasteiger partial charge in [-0.05, 0) is 36.6 Å². The fourth-order valence-corrected chi connectivity index (χ4v) is 3.49. The second-order valence-corrected chi connectivity index (χ2v) is 6.38. The average Bonchev–Trinajstić information content (AvgIpc) is 2.88. The van der Waals surface area contributed by atoms with E-state index in [-0.39, 0.29) is 12.0 Å². The van der Waals surface area contributed by atoms with Crippen molar-refractivity contribution in [3.63, 3.8) is 0 Å². The first kappa shape index (κ1) is 14.2. The number of fused-ring (bicyclic) bond motifs is 1. The van der Waals surface area contributed by atoms with Crippen molar-refractivity contribution < 1.29 is 13.9 Å². The van der Waals surface area contributed by atoms with Crippen molar-refractivity contribution in [2.45, 2.75) is 18.9 Å². The van der Waals surface area contributed by atoms with Crippen LogP contribution in [0.3, 0.4) is 0 Å². The second kappa shape index (κ2) is 5.20. The van der Waals surface area contributed by atoms with E-state index in [0.29, 0.717) is 4.88 Å². The van der Waals surface area contributed by atoms with Crippen molar-refractivity contribution in [2.24, 2.45) is 0 Å². The molecule has 1 nitrogen and oxygen atoms in total. The number of halogens is 2. The molecule has 1 N–H and O–H groups in total. The molecule has 4 heteroatoms. The molecule has 2 aromatic carbocycles. The van der Waals surface area contributed by atoms with E-state index in [9.17, 15) is 13.9 Å². The van der Waals surface area contributed by atoms with Crippen LogP contribution in [-0.2, 0) is 12.0 Å². The van der Waals surface area contributed by atoms with Crippen molar-refractivity contribution in [1.29, 1.82) is 0 Å². The predicted octanol–water partition coefficient (Wildman–Crippen LogP) is 4.63. The summed E-state index contributed by atoms with van der Waals surface area (Å²) in [5.74, 6) is -1.26. The molecular formula is C17H14F2OS. The molecule has 108 valence electrons. The van der Waals surface area contributed by atoms with Gasteiger partial charge in [-0.25, -0.2) is 8.78 Å². The molecule has 3 rings (SSSR count). The molecule has 21 heavy (non-hydrogen) atoms. The van der Waals surface area contributed by atoms with E-state index in [0.717, 1.165) is 10.1 Å². The van der Waals surface area contributed by atoms with Gasteiger partial charge < -0.3 is 5.11 Å². The smallest absolute Gasteiger partial charge is 0.129 e. The summed E-state index contributed by atoms with van der Waals surface area (Å²) in [6.45, 7) is 1.59. The molecule has 0 bridgehead atoms. The third-order valence-electron chi connectivity index (χ3n) is 3.54. The molecule has 1 heterocycles. The molecule has 1 aromatic heterocycles. The van der Waals surface area contributed by atoms with Gasteiger partial charge in [0.25, 0.3) is 0 Å². The van der Waals surface area contributed by atoms with Gasteiger partial charge in [-0.2, -0.15) is 0 Å². The molecule has 0 aliphatic rings. The zero-order chi connectivity index (χ0) is 15.0. The van der Waals surface area contributed by atoms with Gasteiger partial charge in [0.1, 0.15) is 17.2 Å². The molecule has 0 saturated heterocycles. The molecular weight excluding hydrogens is 290 g/mol. The van der Waals surface area contributed by atoms with E-state index in [2.05, 4.69) is 0 Å². The maximum Gasteiger partial charge on any atom is 0.129 e. The van der Waals surface area contributed by atoms with Crippen molar-refractivity contribution in [1.82, 2.24) is 0 Å². The standard InChI is InChI=1S/C17H14F2OS/c1-17(20,10-12-13(18)6-4-7-14(12)19)16-9-11-5-2-3-8-15(11)21-16/h2-9,20H,10H2,1H3. The van der Waals surface area contributed by atoms with Crippen LogP contribution in [-0.4, -0.2) is 5.11 Å². The van der Waals surface area contributed by atoms with Crippen LogP contribution in [0.1, 0.15) is 17.4 Å². The largest absolute Gasteiger partial charge is 0.384 e. The highest BCUT2D eigenvalue weighted by Crippen LogP contribution is 2.35. The first-order valence-corrected chi connectivity index (χ1v) is 7.43. The second-order valence-electron chi connectivity index (χ2n) is 5.30. The maximum atomic E-state index is 13.8. The highest BCUT2D eigenvalue weighted by molar-refractivity contribution is 7.19. The summed E-state index contributed by atoms with van der Waals surface area (Å²) < 4.78 is 28.5. The zero-order valence-electron chi connectivity index (χ0n) is 11.4. The van der Waals surface area contributed by atoms with Crippen LogP contribution in [0.15, 0.2) is 48.5 Å². The third kappa shape index (κ3) is 2.69. The summed E-state index contributed by atoms with van der Waals surface area (Å²) >= 11 is 1.44. The van der Waals surface area contributed by atoms with Gasteiger partial charge in [0, 0.05) is 21.6 Å². The Morgan fingerprint density at radius 1 is 1.05 bits per heavy atom. The topological polar surface area (TPSA) is 20.2 Å². The predicted molar refractivity (Wildman–Crippen MR) is 81.5 cm³/mol. The fourth-order valence-electron chi connectivity index (χ4n) is 2.38. The maximum absolute atomic E-state index is 13.8. The first-order chi connectivity index (χ1) is 9.97. The van der Waals surface area contributed by atoms with Crippen LogP contribution in [0.4, 0.5) is 8.78 Å². The molecule has 0 radical (unpaired) electrons. The molecule has 1 unspecified atom stereocenters. The van der Waals surface area contributed by atoms with Crippen LogP contribution < -0.4 is 0 Å². The summed E-state index contributed by atoms with van der Waals surface area (Å²) in [6.07, 6.45) is -0.0989. The number of rotatable bonds is 3. The summed E-state index contributed by atoms with van der Waals surface area (Å²) in [5, 5.41) is 11.7. The van der Waals surface area contributed by atoms with E-state index < -0.39 is 17.2 Å². The Labute approximate surface area is 125 Å². The number of hydrogen-bond donors (Lipinski definition) is 1. The van der Waals surface area contributed by atoms with E-state index in [1.165, 1.54) is 29.5 Å². The lowest BCUT2D eigenvalue weighted by molar-refractivity contribution is 0.0596. The summed E-state index contributed by atoms with van der Waals surface area (Å²) in [6, 6.07) is 13.4. The highest BCUT2D eigenvalue weighted by atomic mass is 32.1. The fraction of sp³-hybridized carbons (Fsp3) is 0.176. The summed E-state index contributed by atoms with van der Waals surface area (Å²) in [4.78, 5) is 0.700. The normalized spacial score (nSPS) is 14.3. The van der Waals surface area contributed by atoms with Crippen LogP contribution in [0.25, 0.3) is 10.1 Å². The lowest BCUT2D eigenvalue weighted by atomic mass is 9.94. The SMILES string of the molecule is CC(O)(Cc1c(F)cccc1F)c1cc2ccccc2s1. The molecule has 0 aliphatic carbocycles. The molecule has 0 spiro atoms. The summed E-state index contributed by atoms with van der Waals surface area (Å²) in [5.41, 5.74) is -1.40. The minimum atomic E-state index is -1.31. The highest BCUT2D eigenvalue weighted by Gasteiger charge is 2.28. The van der Waals surface area contributed by atoms with Gasteiger partial charge in [-0.15, -0.1) is 11.3 Å². The van der Waals surface area contributed by atoms with E-state index in [4.69, 9.17) is 0 Å². The minimum Gasteiger partial charge on any atom is -0.384 e. The number of thiophene rings is 1. The lowest BCUT2D eigenvalue weighted by Gasteiger charge is -2.22. The molecule has 1 atom stereocenters. The van der Waals surface area contributed by atoms with Crippen LogP contribution in [0.5, 0.6) is 0 Å². The lowest BCUT2D eigenvalue weighted by Crippen LogP contribution is -2.24. The quantitative estimate of drug-likeness (QED) is 0.748. The van der Waals surface area contributed by atoms with Crippen LogP contribution >= 0.6 is 11.3 Å². The molecule has 0 saturated carbocycles. The van der Waals surface area contributed by atoms with Crippen molar-refractivity contribution in [3.8, 4) is 0 Å². The first-order valence-electron chi connectivity index (χ1n) is 6.62. The van der Waals surface area contributed by atoms with Gasteiger partial charge in [-0.3, -0.25) is 0 Å². The third-order valence-corrected chi connectivity index (χ3v) is 4.91. The Kier molecular flexibility index (Phi) is 3.51. The van der Waals surface area contributed by atoms with Crippen LogP contribution in [0, 0.1) is 11.6 Å². The Balaban J connectivity index is 2.00. The van der Waals surface area contributed by atoms with E-state index in [1.807, 2.05) is 30.3 Å². The van der Waals surface area contributed by atoms with Gasteiger partial charge in [0.15, 0.2) is 0 Å². The van der Waals surface area contributed by atoms with Gasteiger partial charge in [0.2, 0.25) is 0 Å². The van der Waals surface area contributed by atoms with Crippen LogP contribution in [0.2, 0.25) is 0 Å². The zero-order valence-corrected chi connectivity index (χ0v) is 12.3. The van der Waals surface area contributed by atoms with Gasteiger partial charge in [-0.1, -0.05) is 24.3 Å². The van der Waals surface area contributed by atoms with Gasteiger partial charge in [0.05, 0.1) is 0 Å². The van der Waals surface area contributed by atoms with E-state index in [1.54, 1.807) is 6.92 Å². The Morgan fingerprint density at radius 3 is 2.38 bits per heavy atom. The van der Waals surface area contributed by atoms with Crippen molar-refractivity contribution in [2.75, 3.05) is 0 Å². The number of aliphatic hydroxyl groups is 1. The van der Waals surface area contributed by atoms with Crippen molar-refractivity contribution >= 4 is 21.4 Å². The minimum absolute atomic E-state index is 0.0834. The molecule has 0 fully saturated rings. The van der Waals surface area contributed by atoms with E-state index >= 15 is 0 Å². The van der Waals surface area contributed by atoms with Gasteiger partial charge >= 0.3 is 0 Å². The summed E-state index contributed by atoms with van der Waals surface area (Å²) in [7, 11) is 0. The Hall–Kier alpha value is -1.78. The molecule has 0 amide bonds. The van der Waals surface area contributed by atoms with Crippen molar-refractivity contribution in [3.05, 3.63) is 70.6 Å². The molecule has 0 aliphatic heterocycles. The number of benzene rings is 2. The Morgan fingerprint density at radius 2 is 1.71 bits per heavy atom. The Bertz CT molecular complexity index is 739. The average molecular weight is 304 g/mol. The number of hydrogen-bond acceptors (Lipinski definition) is 2. The molecule has 3 aromatic rings. The monoisotopic (exact) mass is 304 g/mol.